The molecule has 1 heterocycles. The molecule has 1 saturated carbocycles. The Labute approximate surface area is 116 Å². The molecule has 0 saturated heterocycles. The van der Waals surface area contributed by atoms with Gasteiger partial charge in [0.05, 0.1) is 5.92 Å². The van der Waals surface area contributed by atoms with Crippen LogP contribution in [0.15, 0.2) is 10.6 Å². The molecule has 20 heavy (non-hydrogen) atoms. The molecule has 2 rings (SSSR count). The first-order valence-electron chi connectivity index (χ1n) is 6.60. The number of carbonyl (C=O) groups excluding carboxylic acids is 1. The summed E-state index contributed by atoms with van der Waals surface area (Å²) < 4.78 is 9.81. The molecule has 2 atom stereocenters. The van der Waals surface area contributed by atoms with Crippen LogP contribution in [0.5, 0.6) is 0 Å². The number of hydrogen-bond acceptors (Lipinski definition) is 5. The van der Waals surface area contributed by atoms with Gasteiger partial charge in [0.1, 0.15) is 6.61 Å². The number of carboxylic acid groups (broad SMARTS) is 1. The van der Waals surface area contributed by atoms with Crippen LogP contribution in [-0.4, -0.2) is 35.3 Å². The minimum atomic E-state index is -0.866. The molecule has 1 aliphatic rings. The standard InChI is InChI=1S/C13H18N2O5/c1-19-7-8-6-11(15-20-8)12(16)14-10-5-3-2-4-9(10)13(17)18/h6,9-10H,2-5,7H2,1H3,(H,14,16)(H,17,18). The number of carboxylic acids is 1. The monoisotopic (exact) mass is 282 g/mol. The van der Waals surface area contributed by atoms with Crippen LogP contribution < -0.4 is 5.32 Å². The van der Waals surface area contributed by atoms with Crippen LogP contribution in [0.4, 0.5) is 0 Å². The molecule has 1 fully saturated rings. The van der Waals surface area contributed by atoms with Crippen LogP contribution in [0.3, 0.4) is 0 Å². The van der Waals surface area contributed by atoms with Crippen LogP contribution >= 0.6 is 0 Å². The number of nitrogens with one attached hydrogen (secondary N) is 1. The van der Waals surface area contributed by atoms with E-state index in [0.29, 0.717) is 18.6 Å². The normalized spacial score (nSPS) is 22.4. The number of rotatable bonds is 5. The highest BCUT2D eigenvalue weighted by molar-refractivity contribution is 5.92. The molecule has 0 aliphatic heterocycles. The summed E-state index contributed by atoms with van der Waals surface area (Å²) in [6.07, 6.45) is 3.06. The zero-order valence-electron chi connectivity index (χ0n) is 11.3. The highest BCUT2D eigenvalue weighted by Crippen LogP contribution is 2.25. The lowest BCUT2D eigenvalue weighted by Gasteiger charge is -2.28. The molecular weight excluding hydrogens is 264 g/mol. The first-order chi connectivity index (χ1) is 9.61. The van der Waals surface area contributed by atoms with Gasteiger partial charge in [0.2, 0.25) is 0 Å². The maximum Gasteiger partial charge on any atom is 0.308 e. The lowest BCUT2D eigenvalue weighted by atomic mass is 9.84. The lowest BCUT2D eigenvalue weighted by Crippen LogP contribution is -2.45. The summed E-state index contributed by atoms with van der Waals surface area (Å²) in [5.74, 6) is -1.35. The molecule has 7 heteroatoms. The Kier molecular flexibility index (Phi) is 4.73. The molecule has 0 spiro atoms. The summed E-state index contributed by atoms with van der Waals surface area (Å²) in [4.78, 5) is 23.2. The van der Waals surface area contributed by atoms with Gasteiger partial charge in [0.15, 0.2) is 11.5 Å². The molecular formula is C13H18N2O5. The summed E-state index contributed by atoms with van der Waals surface area (Å²) in [5.41, 5.74) is 0.145. The van der Waals surface area contributed by atoms with Crippen molar-refractivity contribution in [1.29, 1.82) is 0 Å². The molecule has 1 aromatic heterocycles. The van der Waals surface area contributed by atoms with Crippen molar-refractivity contribution < 1.29 is 24.0 Å². The summed E-state index contributed by atoms with van der Waals surface area (Å²) >= 11 is 0. The number of amides is 1. The maximum atomic E-state index is 12.0. The molecule has 1 aromatic rings. The number of nitrogens with zero attached hydrogens (tertiary/aromatic N) is 1. The highest BCUT2D eigenvalue weighted by Gasteiger charge is 2.32. The highest BCUT2D eigenvalue weighted by atomic mass is 16.5. The molecule has 110 valence electrons. The van der Waals surface area contributed by atoms with Crippen LogP contribution in [0.2, 0.25) is 0 Å². The van der Waals surface area contributed by atoms with Gasteiger partial charge in [-0.25, -0.2) is 0 Å². The smallest absolute Gasteiger partial charge is 0.308 e. The Morgan fingerprint density at radius 1 is 1.50 bits per heavy atom. The minimum absolute atomic E-state index is 0.145. The molecule has 1 amide bonds. The van der Waals surface area contributed by atoms with Gasteiger partial charge in [0, 0.05) is 19.2 Å². The third kappa shape index (κ3) is 3.36. The first-order valence-corrected chi connectivity index (χ1v) is 6.60. The fraction of sp³-hybridized carbons (Fsp3) is 0.615. The van der Waals surface area contributed by atoms with Gasteiger partial charge in [-0.3, -0.25) is 9.59 Å². The van der Waals surface area contributed by atoms with Gasteiger partial charge >= 0.3 is 5.97 Å². The molecule has 1 aliphatic carbocycles. The Balaban J connectivity index is 1.99. The van der Waals surface area contributed by atoms with E-state index in [1.165, 1.54) is 13.2 Å². The minimum Gasteiger partial charge on any atom is -0.481 e. The molecule has 0 radical (unpaired) electrons. The maximum absolute atomic E-state index is 12.0. The second kappa shape index (κ2) is 6.51. The summed E-state index contributed by atoms with van der Waals surface area (Å²) in [7, 11) is 1.52. The van der Waals surface area contributed by atoms with E-state index in [2.05, 4.69) is 10.5 Å². The molecule has 0 aromatic carbocycles. The zero-order valence-corrected chi connectivity index (χ0v) is 11.3. The fourth-order valence-corrected chi connectivity index (χ4v) is 2.47. The van der Waals surface area contributed by atoms with E-state index in [0.717, 1.165) is 12.8 Å². The van der Waals surface area contributed by atoms with Gasteiger partial charge in [0.25, 0.3) is 5.91 Å². The van der Waals surface area contributed by atoms with E-state index in [9.17, 15) is 9.59 Å². The third-order valence-electron chi connectivity index (χ3n) is 3.48. The summed E-state index contributed by atoms with van der Waals surface area (Å²) in [5, 5.41) is 15.6. The first kappa shape index (κ1) is 14.5. The molecule has 2 N–H and O–H groups in total. The van der Waals surface area contributed by atoms with Crippen LogP contribution in [0.25, 0.3) is 0 Å². The Morgan fingerprint density at radius 2 is 2.25 bits per heavy atom. The van der Waals surface area contributed by atoms with E-state index in [4.69, 9.17) is 14.4 Å². The van der Waals surface area contributed by atoms with E-state index in [1.54, 1.807) is 0 Å². The predicted molar refractivity (Wildman–Crippen MR) is 68.1 cm³/mol. The second-order valence-corrected chi connectivity index (χ2v) is 4.92. The largest absolute Gasteiger partial charge is 0.481 e. The Morgan fingerprint density at radius 3 is 2.95 bits per heavy atom. The fourth-order valence-electron chi connectivity index (χ4n) is 2.47. The van der Waals surface area contributed by atoms with Crippen molar-refractivity contribution >= 4 is 11.9 Å². The lowest BCUT2D eigenvalue weighted by molar-refractivity contribution is -0.143. The number of hydrogen-bond donors (Lipinski definition) is 2. The molecule has 7 nitrogen and oxygen atoms in total. The quantitative estimate of drug-likeness (QED) is 0.841. The Hall–Kier alpha value is -1.89. The van der Waals surface area contributed by atoms with Gasteiger partial charge in [-0.2, -0.15) is 0 Å². The summed E-state index contributed by atoms with van der Waals surface area (Å²) in [6, 6.07) is 1.15. The average Bonchev–Trinajstić information content (AvgIpc) is 2.88. The SMILES string of the molecule is COCc1cc(C(=O)NC2CCCCC2C(=O)O)no1. The second-order valence-electron chi connectivity index (χ2n) is 4.92. The van der Waals surface area contributed by atoms with Crippen LogP contribution in [-0.2, 0) is 16.1 Å². The molecule has 2 unspecified atom stereocenters. The predicted octanol–water partition coefficient (Wildman–Crippen LogP) is 1.19. The Bertz CT molecular complexity index is 485. The van der Waals surface area contributed by atoms with Crippen molar-refractivity contribution in [2.75, 3.05) is 7.11 Å². The van der Waals surface area contributed by atoms with Gasteiger partial charge < -0.3 is 19.7 Å². The number of aliphatic carboxylic acids is 1. The molecule has 0 bridgehead atoms. The number of ether oxygens (including phenoxy) is 1. The van der Waals surface area contributed by atoms with Crippen molar-refractivity contribution in [1.82, 2.24) is 10.5 Å². The van der Waals surface area contributed by atoms with Gasteiger partial charge in [-0.15, -0.1) is 0 Å². The van der Waals surface area contributed by atoms with Crippen molar-refractivity contribution in [3.8, 4) is 0 Å². The van der Waals surface area contributed by atoms with Crippen molar-refractivity contribution in [2.45, 2.75) is 38.3 Å². The van der Waals surface area contributed by atoms with E-state index >= 15 is 0 Å². The van der Waals surface area contributed by atoms with Crippen molar-refractivity contribution in [3.63, 3.8) is 0 Å². The van der Waals surface area contributed by atoms with Gasteiger partial charge in [-0.1, -0.05) is 18.0 Å². The third-order valence-corrected chi connectivity index (χ3v) is 3.48. The van der Waals surface area contributed by atoms with Gasteiger partial charge in [-0.05, 0) is 12.8 Å². The van der Waals surface area contributed by atoms with Crippen molar-refractivity contribution in [2.24, 2.45) is 5.92 Å². The summed E-state index contributed by atoms with van der Waals surface area (Å²) in [6.45, 7) is 0.238. The van der Waals surface area contributed by atoms with Crippen LogP contribution in [0.1, 0.15) is 41.9 Å². The van der Waals surface area contributed by atoms with Crippen LogP contribution in [0, 0.1) is 5.92 Å². The number of carbonyl (C=O) groups is 2. The van der Waals surface area contributed by atoms with E-state index < -0.39 is 17.8 Å². The average molecular weight is 282 g/mol. The zero-order chi connectivity index (χ0) is 14.5. The van der Waals surface area contributed by atoms with E-state index in [-0.39, 0.29) is 18.3 Å². The number of methoxy groups -OCH3 is 1. The topological polar surface area (TPSA) is 102 Å². The number of aromatic nitrogens is 1. The van der Waals surface area contributed by atoms with Crippen molar-refractivity contribution in [3.05, 3.63) is 17.5 Å². The van der Waals surface area contributed by atoms with E-state index in [1.807, 2.05) is 0 Å².